The summed E-state index contributed by atoms with van der Waals surface area (Å²) in [6.07, 6.45) is 8.91. The topological polar surface area (TPSA) is 26.3 Å². The maximum Gasteiger partial charge on any atom is 0.160 e. The van der Waals surface area contributed by atoms with Crippen molar-refractivity contribution in [2.45, 2.75) is 39.0 Å². The van der Waals surface area contributed by atoms with Gasteiger partial charge in [0.1, 0.15) is 5.75 Å². The highest BCUT2D eigenvalue weighted by Crippen LogP contribution is 2.23. The number of hydrogen-bond acceptors (Lipinski definition) is 2. The second-order valence-electron chi connectivity index (χ2n) is 4.75. The molecule has 0 fully saturated rings. The first-order chi connectivity index (χ1) is 8.79. The predicted molar refractivity (Wildman–Crippen MR) is 73.8 cm³/mol. The molecule has 1 aliphatic rings. The molecule has 1 aromatic rings. The standard InChI is InChI=1S/C16H20O2/c1-2-3-4-5-10-18-16-9-7-13-11-15(17)8-6-14(13)12-16/h6-9,12H,2-5,10-11H2,1H3. The fraction of sp³-hybridized carbons (Fsp3) is 0.438. The van der Waals surface area contributed by atoms with Gasteiger partial charge in [-0.05, 0) is 35.8 Å². The van der Waals surface area contributed by atoms with Gasteiger partial charge in [0.2, 0.25) is 0 Å². The van der Waals surface area contributed by atoms with Gasteiger partial charge in [-0.1, -0.05) is 38.3 Å². The molecule has 2 rings (SSSR count). The summed E-state index contributed by atoms with van der Waals surface area (Å²) >= 11 is 0. The lowest BCUT2D eigenvalue weighted by atomic mass is 9.96. The van der Waals surface area contributed by atoms with Crippen LogP contribution < -0.4 is 4.74 Å². The van der Waals surface area contributed by atoms with E-state index in [1.807, 2.05) is 24.3 Å². The van der Waals surface area contributed by atoms with Gasteiger partial charge in [0.05, 0.1) is 6.61 Å². The Labute approximate surface area is 109 Å². The highest BCUT2D eigenvalue weighted by Gasteiger charge is 2.10. The number of unbranched alkanes of at least 4 members (excludes halogenated alkanes) is 3. The van der Waals surface area contributed by atoms with Gasteiger partial charge < -0.3 is 4.74 Å². The fourth-order valence-corrected chi connectivity index (χ4v) is 2.13. The Kier molecular flexibility index (Phi) is 4.57. The number of rotatable bonds is 6. The van der Waals surface area contributed by atoms with Crippen LogP contribution in [0, 0.1) is 0 Å². The van der Waals surface area contributed by atoms with E-state index < -0.39 is 0 Å². The molecule has 0 unspecified atom stereocenters. The Morgan fingerprint density at radius 2 is 2.06 bits per heavy atom. The quantitative estimate of drug-likeness (QED) is 0.712. The SMILES string of the molecule is CCCCCCOc1ccc2c(c1)C=CC(=O)C2. The van der Waals surface area contributed by atoms with E-state index in [2.05, 4.69) is 6.92 Å². The minimum atomic E-state index is 0.177. The lowest BCUT2D eigenvalue weighted by Gasteiger charge is -2.12. The van der Waals surface area contributed by atoms with Crippen LogP contribution in [0.1, 0.15) is 43.7 Å². The Morgan fingerprint density at radius 3 is 2.89 bits per heavy atom. The highest BCUT2D eigenvalue weighted by atomic mass is 16.5. The molecule has 0 aromatic heterocycles. The summed E-state index contributed by atoms with van der Waals surface area (Å²) in [6, 6.07) is 5.99. The van der Waals surface area contributed by atoms with Crippen LogP contribution in [0.3, 0.4) is 0 Å². The monoisotopic (exact) mass is 244 g/mol. The summed E-state index contributed by atoms with van der Waals surface area (Å²) in [5.41, 5.74) is 2.21. The third-order valence-corrected chi connectivity index (χ3v) is 3.20. The van der Waals surface area contributed by atoms with Crippen LogP contribution in [0.4, 0.5) is 0 Å². The van der Waals surface area contributed by atoms with Crippen molar-refractivity contribution < 1.29 is 9.53 Å². The molecule has 0 saturated carbocycles. The zero-order valence-electron chi connectivity index (χ0n) is 10.9. The molecule has 0 heterocycles. The largest absolute Gasteiger partial charge is 0.494 e. The molecule has 96 valence electrons. The van der Waals surface area contributed by atoms with Crippen molar-refractivity contribution in [1.82, 2.24) is 0 Å². The average molecular weight is 244 g/mol. The van der Waals surface area contributed by atoms with Crippen molar-refractivity contribution in [1.29, 1.82) is 0 Å². The van der Waals surface area contributed by atoms with Crippen LogP contribution in [0.15, 0.2) is 24.3 Å². The maximum atomic E-state index is 11.3. The molecule has 0 N–H and O–H groups in total. The van der Waals surface area contributed by atoms with Crippen molar-refractivity contribution in [3.05, 3.63) is 35.4 Å². The molecular weight excluding hydrogens is 224 g/mol. The molecule has 18 heavy (non-hydrogen) atoms. The van der Waals surface area contributed by atoms with E-state index in [9.17, 15) is 4.79 Å². The van der Waals surface area contributed by atoms with Gasteiger partial charge in [-0.2, -0.15) is 0 Å². The minimum Gasteiger partial charge on any atom is -0.494 e. The van der Waals surface area contributed by atoms with Gasteiger partial charge in [0, 0.05) is 6.42 Å². The van der Waals surface area contributed by atoms with E-state index >= 15 is 0 Å². The average Bonchev–Trinajstić information content (AvgIpc) is 2.38. The first kappa shape index (κ1) is 12.9. The van der Waals surface area contributed by atoms with E-state index in [0.29, 0.717) is 6.42 Å². The third kappa shape index (κ3) is 3.46. The Balaban J connectivity index is 1.88. The zero-order valence-corrected chi connectivity index (χ0v) is 10.9. The van der Waals surface area contributed by atoms with E-state index in [-0.39, 0.29) is 5.78 Å². The Hall–Kier alpha value is -1.57. The lowest BCUT2D eigenvalue weighted by molar-refractivity contribution is -0.114. The molecule has 0 amide bonds. The Bertz CT molecular complexity index is 446. The van der Waals surface area contributed by atoms with Crippen LogP contribution >= 0.6 is 0 Å². The minimum absolute atomic E-state index is 0.177. The maximum absolute atomic E-state index is 11.3. The van der Waals surface area contributed by atoms with Crippen LogP contribution in [-0.4, -0.2) is 12.4 Å². The number of hydrogen-bond donors (Lipinski definition) is 0. The number of ketones is 1. The van der Waals surface area contributed by atoms with Gasteiger partial charge >= 0.3 is 0 Å². The van der Waals surface area contributed by atoms with Gasteiger partial charge in [0.25, 0.3) is 0 Å². The second-order valence-corrected chi connectivity index (χ2v) is 4.75. The predicted octanol–water partition coefficient (Wildman–Crippen LogP) is 3.78. The highest BCUT2D eigenvalue weighted by molar-refractivity contribution is 5.98. The van der Waals surface area contributed by atoms with Crippen LogP contribution in [0.25, 0.3) is 6.08 Å². The van der Waals surface area contributed by atoms with E-state index in [1.165, 1.54) is 19.3 Å². The van der Waals surface area contributed by atoms with E-state index in [0.717, 1.165) is 29.9 Å². The van der Waals surface area contributed by atoms with Gasteiger partial charge in [-0.15, -0.1) is 0 Å². The van der Waals surface area contributed by atoms with Crippen molar-refractivity contribution in [2.75, 3.05) is 6.61 Å². The van der Waals surface area contributed by atoms with Crippen LogP contribution in [0.2, 0.25) is 0 Å². The molecule has 0 atom stereocenters. The molecule has 0 radical (unpaired) electrons. The molecular formula is C16H20O2. The van der Waals surface area contributed by atoms with Gasteiger partial charge in [-0.3, -0.25) is 4.79 Å². The molecule has 1 aromatic carbocycles. The first-order valence-electron chi connectivity index (χ1n) is 6.76. The lowest BCUT2D eigenvalue weighted by Crippen LogP contribution is -2.05. The van der Waals surface area contributed by atoms with Crippen molar-refractivity contribution in [3.8, 4) is 5.75 Å². The molecule has 0 spiro atoms. The van der Waals surface area contributed by atoms with Crippen molar-refractivity contribution >= 4 is 11.9 Å². The zero-order chi connectivity index (χ0) is 12.8. The van der Waals surface area contributed by atoms with Crippen molar-refractivity contribution in [2.24, 2.45) is 0 Å². The molecule has 1 aliphatic carbocycles. The van der Waals surface area contributed by atoms with Gasteiger partial charge in [-0.25, -0.2) is 0 Å². The molecule has 0 aliphatic heterocycles. The third-order valence-electron chi connectivity index (χ3n) is 3.20. The molecule has 2 nitrogen and oxygen atoms in total. The van der Waals surface area contributed by atoms with Crippen molar-refractivity contribution in [3.63, 3.8) is 0 Å². The molecule has 2 heteroatoms. The summed E-state index contributed by atoms with van der Waals surface area (Å²) in [5, 5.41) is 0. The van der Waals surface area contributed by atoms with Gasteiger partial charge in [0.15, 0.2) is 5.78 Å². The number of fused-ring (bicyclic) bond motifs is 1. The number of carbonyl (C=O) groups excluding carboxylic acids is 1. The number of ether oxygens (including phenoxy) is 1. The van der Waals surface area contributed by atoms with E-state index in [1.54, 1.807) is 6.08 Å². The smallest absolute Gasteiger partial charge is 0.160 e. The number of carbonyl (C=O) groups is 1. The summed E-state index contributed by atoms with van der Waals surface area (Å²) in [6.45, 7) is 2.99. The fourth-order valence-electron chi connectivity index (χ4n) is 2.13. The molecule has 0 saturated heterocycles. The normalized spacial score (nSPS) is 13.5. The van der Waals surface area contributed by atoms with Crippen LogP contribution in [-0.2, 0) is 11.2 Å². The first-order valence-corrected chi connectivity index (χ1v) is 6.76. The number of benzene rings is 1. The summed E-state index contributed by atoms with van der Waals surface area (Å²) in [7, 11) is 0. The Morgan fingerprint density at radius 1 is 1.17 bits per heavy atom. The summed E-state index contributed by atoms with van der Waals surface area (Å²) in [4.78, 5) is 11.3. The summed E-state index contributed by atoms with van der Waals surface area (Å²) in [5.74, 6) is 1.08. The van der Waals surface area contributed by atoms with Crippen LogP contribution in [0.5, 0.6) is 5.75 Å². The second kappa shape index (κ2) is 6.39. The summed E-state index contributed by atoms with van der Waals surface area (Å²) < 4.78 is 5.73. The van der Waals surface area contributed by atoms with E-state index in [4.69, 9.17) is 4.74 Å². The molecule has 0 bridgehead atoms. The number of allylic oxidation sites excluding steroid dienone is 1.